The second-order valence-electron chi connectivity index (χ2n) is 8.14. The Kier molecular flexibility index (Phi) is 6.95. The Morgan fingerprint density at radius 2 is 1.72 bits per heavy atom. The minimum absolute atomic E-state index is 0.0977. The van der Waals surface area contributed by atoms with Gasteiger partial charge in [-0.2, -0.15) is 26.3 Å². The van der Waals surface area contributed by atoms with Crippen LogP contribution in [0.2, 0.25) is 0 Å². The molecule has 0 aliphatic carbocycles. The van der Waals surface area contributed by atoms with Crippen LogP contribution < -0.4 is 5.32 Å². The van der Waals surface area contributed by atoms with Crippen molar-refractivity contribution in [3.05, 3.63) is 56.8 Å². The van der Waals surface area contributed by atoms with Crippen LogP contribution in [0.4, 0.5) is 26.3 Å². The van der Waals surface area contributed by atoms with Crippen molar-refractivity contribution in [1.29, 1.82) is 0 Å². The highest BCUT2D eigenvalue weighted by Crippen LogP contribution is 2.40. The van der Waals surface area contributed by atoms with E-state index in [0.29, 0.717) is 31.6 Å². The number of nitrogens with one attached hydrogen (secondary N) is 1. The fourth-order valence-electron chi connectivity index (χ4n) is 4.09. The first kappa shape index (κ1) is 24.6. The number of halogens is 6. The maximum Gasteiger partial charge on any atom is 0.416 e. The third-order valence-electron chi connectivity index (χ3n) is 6.06. The van der Waals surface area contributed by atoms with Gasteiger partial charge in [0.1, 0.15) is 0 Å². The monoisotopic (exact) mass is 478 g/mol. The number of amides is 1. The van der Waals surface area contributed by atoms with Gasteiger partial charge in [0.15, 0.2) is 0 Å². The van der Waals surface area contributed by atoms with Crippen LogP contribution in [0.5, 0.6) is 0 Å². The van der Waals surface area contributed by atoms with Crippen molar-refractivity contribution in [2.75, 3.05) is 20.1 Å². The van der Waals surface area contributed by atoms with Gasteiger partial charge in [0, 0.05) is 30.3 Å². The van der Waals surface area contributed by atoms with Crippen LogP contribution >= 0.6 is 11.3 Å². The lowest BCUT2D eigenvalue weighted by Gasteiger charge is -2.36. The first-order chi connectivity index (χ1) is 14.8. The van der Waals surface area contributed by atoms with E-state index in [4.69, 9.17) is 0 Å². The lowest BCUT2D eigenvalue weighted by Crippen LogP contribution is -2.44. The molecule has 2 aromatic rings. The summed E-state index contributed by atoms with van der Waals surface area (Å²) in [6.45, 7) is 4.60. The van der Waals surface area contributed by atoms with E-state index in [9.17, 15) is 31.1 Å². The molecule has 0 saturated carbocycles. The molecule has 0 bridgehead atoms. The summed E-state index contributed by atoms with van der Waals surface area (Å²) in [4.78, 5) is 15.7. The van der Waals surface area contributed by atoms with E-state index in [1.54, 1.807) is 11.3 Å². The SMILES string of the molecule is Cc1ccsc1[C@@H]1CNCC[C@H]1C(=O)N(C)[C@@H](C)c1cc(C(F)(F)F)cc(C(F)(F)F)c1. The first-order valence-corrected chi connectivity index (χ1v) is 11.0. The van der Waals surface area contributed by atoms with E-state index in [2.05, 4.69) is 5.32 Å². The molecule has 1 aromatic heterocycles. The number of rotatable bonds is 4. The van der Waals surface area contributed by atoms with Crippen LogP contribution in [0.15, 0.2) is 29.6 Å². The van der Waals surface area contributed by atoms with Gasteiger partial charge in [-0.05, 0) is 67.6 Å². The Morgan fingerprint density at radius 1 is 1.12 bits per heavy atom. The molecule has 1 aromatic carbocycles. The van der Waals surface area contributed by atoms with Crippen molar-refractivity contribution < 1.29 is 31.1 Å². The molecule has 3 atom stereocenters. The Labute approximate surface area is 186 Å². The van der Waals surface area contributed by atoms with Crippen LogP contribution in [0.3, 0.4) is 0 Å². The highest BCUT2D eigenvalue weighted by atomic mass is 32.1. The quantitative estimate of drug-likeness (QED) is 0.546. The maximum atomic E-state index is 13.4. The smallest absolute Gasteiger partial charge is 0.339 e. The van der Waals surface area contributed by atoms with E-state index in [1.165, 1.54) is 18.9 Å². The van der Waals surface area contributed by atoms with E-state index >= 15 is 0 Å². The molecule has 176 valence electrons. The predicted octanol–water partition coefficient (Wildman–Crippen LogP) is 6.01. The van der Waals surface area contributed by atoms with Crippen molar-refractivity contribution in [3.8, 4) is 0 Å². The molecule has 1 amide bonds. The third kappa shape index (κ3) is 5.11. The first-order valence-electron chi connectivity index (χ1n) is 10.1. The van der Waals surface area contributed by atoms with Crippen LogP contribution in [-0.2, 0) is 17.1 Å². The average Bonchev–Trinajstić information content (AvgIpc) is 3.16. The van der Waals surface area contributed by atoms with Gasteiger partial charge in [-0.25, -0.2) is 0 Å². The lowest BCUT2D eigenvalue weighted by molar-refractivity contribution is -0.143. The predicted molar refractivity (Wildman–Crippen MR) is 110 cm³/mol. The minimum Gasteiger partial charge on any atom is -0.339 e. The number of nitrogens with zero attached hydrogens (tertiary/aromatic N) is 1. The van der Waals surface area contributed by atoms with Gasteiger partial charge in [-0.3, -0.25) is 4.79 Å². The van der Waals surface area contributed by atoms with Crippen LogP contribution in [0, 0.1) is 12.8 Å². The average molecular weight is 479 g/mol. The minimum atomic E-state index is -4.94. The molecule has 2 heterocycles. The zero-order valence-corrected chi connectivity index (χ0v) is 18.6. The summed E-state index contributed by atoms with van der Waals surface area (Å²) in [7, 11) is 1.43. The number of alkyl halides is 6. The molecule has 3 rings (SSSR count). The highest BCUT2D eigenvalue weighted by Gasteiger charge is 2.39. The van der Waals surface area contributed by atoms with E-state index in [0.717, 1.165) is 10.4 Å². The van der Waals surface area contributed by atoms with Crippen LogP contribution in [0.1, 0.15) is 52.4 Å². The Bertz CT molecular complexity index is 936. The number of benzene rings is 1. The van der Waals surface area contributed by atoms with Crippen molar-refractivity contribution in [1.82, 2.24) is 10.2 Å². The number of thiophene rings is 1. The number of hydrogen-bond donors (Lipinski definition) is 1. The summed E-state index contributed by atoms with van der Waals surface area (Å²) in [6, 6.07) is 2.47. The summed E-state index contributed by atoms with van der Waals surface area (Å²) < 4.78 is 79.5. The molecule has 10 heteroatoms. The molecule has 1 aliphatic rings. The van der Waals surface area contributed by atoms with Gasteiger partial charge < -0.3 is 10.2 Å². The molecule has 0 unspecified atom stereocenters. The van der Waals surface area contributed by atoms with Crippen molar-refractivity contribution in [2.45, 2.75) is 44.6 Å². The molecular formula is C22H24F6N2OS. The molecular weight excluding hydrogens is 454 g/mol. The van der Waals surface area contributed by atoms with Gasteiger partial charge in [-0.15, -0.1) is 11.3 Å². The van der Waals surface area contributed by atoms with Crippen molar-refractivity contribution >= 4 is 17.2 Å². The lowest BCUT2D eigenvalue weighted by atomic mass is 9.83. The van der Waals surface area contributed by atoms with Gasteiger partial charge in [0.05, 0.1) is 17.2 Å². The summed E-state index contributed by atoms with van der Waals surface area (Å²) in [6.07, 6.45) is -9.33. The summed E-state index contributed by atoms with van der Waals surface area (Å²) >= 11 is 1.54. The largest absolute Gasteiger partial charge is 0.416 e. The molecule has 0 spiro atoms. The fraction of sp³-hybridized carbons (Fsp3) is 0.500. The summed E-state index contributed by atoms with van der Waals surface area (Å²) in [5.41, 5.74) is -1.92. The van der Waals surface area contributed by atoms with E-state index in [-0.39, 0.29) is 23.5 Å². The third-order valence-corrected chi connectivity index (χ3v) is 7.21. The molecule has 32 heavy (non-hydrogen) atoms. The molecule has 1 saturated heterocycles. The second-order valence-corrected chi connectivity index (χ2v) is 9.09. The van der Waals surface area contributed by atoms with Gasteiger partial charge in [-0.1, -0.05) is 0 Å². The van der Waals surface area contributed by atoms with Crippen molar-refractivity contribution in [2.24, 2.45) is 5.92 Å². The second kappa shape index (κ2) is 9.05. The fourth-order valence-corrected chi connectivity index (χ4v) is 5.19. The Morgan fingerprint density at radius 3 is 2.22 bits per heavy atom. The maximum absolute atomic E-state index is 13.4. The van der Waals surface area contributed by atoms with E-state index in [1.807, 2.05) is 18.4 Å². The molecule has 1 aliphatic heterocycles. The zero-order valence-electron chi connectivity index (χ0n) is 17.8. The number of hydrogen-bond acceptors (Lipinski definition) is 3. The van der Waals surface area contributed by atoms with Crippen LogP contribution in [0.25, 0.3) is 0 Å². The van der Waals surface area contributed by atoms with Crippen LogP contribution in [-0.4, -0.2) is 30.9 Å². The van der Waals surface area contributed by atoms with Gasteiger partial charge in [0.2, 0.25) is 5.91 Å². The number of carbonyl (C=O) groups is 1. The number of carbonyl (C=O) groups excluding carboxylic acids is 1. The van der Waals surface area contributed by atoms with E-state index < -0.39 is 35.4 Å². The summed E-state index contributed by atoms with van der Waals surface area (Å²) in [5, 5.41) is 5.21. The summed E-state index contributed by atoms with van der Waals surface area (Å²) in [5.74, 6) is -0.796. The molecule has 1 N–H and O–H groups in total. The number of aryl methyl sites for hydroxylation is 1. The zero-order chi connectivity index (χ0) is 23.8. The molecule has 3 nitrogen and oxygen atoms in total. The normalized spacial score (nSPS) is 20.8. The standard InChI is InChI=1S/C22H24F6N2OS/c1-12-5-7-32-19(12)18-11-29-6-4-17(18)20(31)30(3)13(2)14-8-15(21(23,24)25)10-16(9-14)22(26,27)28/h5,7-10,13,17-18,29H,4,6,11H2,1-3H3/t13-,17+,18+/m0/s1. The highest BCUT2D eigenvalue weighted by molar-refractivity contribution is 7.10. The topological polar surface area (TPSA) is 32.3 Å². The molecule has 1 fully saturated rings. The van der Waals surface area contributed by atoms with Gasteiger partial charge in [0.25, 0.3) is 0 Å². The molecule has 0 radical (unpaired) electrons. The van der Waals surface area contributed by atoms with Crippen molar-refractivity contribution in [3.63, 3.8) is 0 Å². The Hall–Kier alpha value is -2.07. The van der Waals surface area contributed by atoms with Gasteiger partial charge >= 0.3 is 12.4 Å². The number of piperidine rings is 1. The Balaban J connectivity index is 1.92.